The zero-order valence-electron chi connectivity index (χ0n) is 20.9. The fourth-order valence-corrected chi connectivity index (χ4v) is 4.57. The molecule has 0 aliphatic carbocycles. The molecule has 0 unspecified atom stereocenters. The van der Waals surface area contributed by atoms with Gasteiger partial charge in [0, 0.05) is 6.42 Å². The lowest BCUT2D eigenvalue weighted by molar-refractivity contribution is -0.124. The maximum absolute atomic E-state index is 12.4. The Hall–Kier alpha value is -1.91. The number of carbonyl (C=O) groups excluding carboxylic acids is 1. The zero-order valence-corrected chi connectivity index (χ0v) is 20.9. The number of aliphatic hydroxyl groups is 2. The third kappa shape index (κ3) is 8.75. The molecule has 2 rings (SSSR count). The molecule has 33 heavy (non-hydrogen) atoms. The summed E-state index contributed by atoms with van der Waals surface area (Å²) in [7, 11) is 0. The molecule has 0 heterocycles. The summed E-state index contributed by atoms with van der Waals surface area (Å²) < 4.78 is 0. The molecule has 0 saturated carbocycles. The highest BCUT2D eigenvalue weighted by Gasteiger charge is 2.30. The average molecular weight is 456 g/mol. The first-order valence-corrected chi connectivity index (χ1v) is 13.1. The second kappa shape index (κ2) is 15.1. The second-order valence-electron chi connectivity index (χ2n) is 9.55. The average Bonchev–Trinajstić information content (AvgIpc) is 2.84. The van der Waals surface area contributed by atoms with Gasteiger partial charge < -0.3 is 15.5 Å². The van der Waals surface area contributed by atoms with Gasteiger partial charge in [-0.2, -0.15) is 0 Å². The Morgan fingerprint density at radius 3 is 1.91 bits per heavy atom. The van der Waals surface area contributed by atoms with Crippen molar-refractivity contribution in [3.05, 3.63) is 47.5 Å². The van der Waals surface area contributed by atoms with Crippen LogP contribution in [0.3, 0.4) is 0 Å². The number of aliphatic hydroxyl groups excluding tert-OH is 2. The van der Waals surface area contributed by atoms with Crippen molar-refractivity contribution in [2.45, 2.75) is 103 Å². The van der Waals surface area contributed by atoms with E-state index in [4.69, 9.17) is 0 Å². The van der Waals surface area contributed by atoms with Crippen LogP contribution in [0.1, 0.15) is 95.6 Å². The molecule has 0 aliphatic heterocycles. The van der Waals surface area contributed by atoms with Gasteiger partial charge in [0.2, 0.25) is 5.91 Å². The molecule has 2 aromatic rings. The summed E-state index contributed by atoms with van der Waals surface area (Å²) in [6.45, 7) is 3.82. The Kier molecular flexibility index (Phi) is 12.5. The quantitative estimate of drug-likeness (QED) is 0.253. The summed E-state index contributed by atoms with van der Waals surface area (Å²) in [6, 6.07) is 13.0. The van der Waals surface area contributed by atoms with Crippen molar-refractivity contribution in [3.8, 4) is 0 Å². The number of aryl methyl sites for hydroxylation is 2. The number of hydrogen-bond acceptors (Lipinski definition) is 3. The maximum Gasteiger partial charge on any atom is 0.220 e. The Morgan fingerprint density at radius 2 is 1.30 bits per heavy atom. The molecule has 0 saturated heterocycles. The minimum Gasteiger partial charge on any atom is -0.394 e. The largest absolute Gasteiger partial charge is 0.394 e. The van der Waals surface area contributed by atoms with Crippen LogP contribution in [0.5, 0.6) is 0 Å². The van der Waals surface area contributed by atoms with Crippen molar-refractivity contribution in [2.24, 2.45) is 0 Å². The number of nitrogens with one attached hydrogen (secondary N) is 1. The lowest BCUT2D eigenvalue weighted by atomic mass is 9.89. The number of fused-ring (bicyclic) bond motifs is 1. The molecule has 2 aromatic carbocycles. The lowest BCUT2D eigenvalue weighted by Crippen LogP contribution is -2.54. The van der Waals surface area contributed by atoms with Crippen molar-refractivity contribution in [3.63, 3.8) is 0 Å². The van der Waals surface area contributed by atoms with E-state index in [9.17, 15) is 15.0 Å². The molecular formula is C29H45NO3. The van der Waals surface area contributed by atoms with Crippen LogP contribution in [-0.2, 0) is 17.6 Å². The summed E-state index contributed by atoms with van der Waals surface area (Å²) in [5.74, 6) is -0.0920. The normalized spacial score (nSPS) is 11.8. The van der Waals surface area contributed by atoms with Gasteiger partial charge in [0.15, 0.2) is 0 Å². The molecule has 4 heteroatoms. The number of hydrogen-bond donors (Lipinski definition) is 3. The van der Waals surface area contributed by atoms with Crippen LogP contribution in [0.4, 0.5) is 0 Å². The minimum absolute atomic E-state index is 0.0920. The van der Waals surface area contributed by atoms with Crippen LogP contribution in [0.25, 0.3) is 10.8 Å². The third-order valence-corrected chi connectivity index (χ3v) is 6.79. The molecule has 0 fully saturated rings. The standard InChI is InChI=1S/C29H45NO3/c1-3-5-7-8-9-11-14-24-18-19-25(27-16-13-12-15-26(24)27)20-21-29(22-31,23-32)30-28(33)17-10-6-4-2/h12-13,15-16,18-19,31-32H,3-11,14,17,20-23H2,1-2H3,(H,30,33). The monoisotopic (exact) mass is 455 g/mol. The van der Waals surface area contributed by atoms with Crippen LogP contribution in [0.15, 0.2) is 36.4 Å². The van der Waals surface area contributed by atoms with Crippen molar-refractivity contribution < 1.29 is 15.0 Å². The first kappa shape index (κ1) is 27.3. The van der Waals surface area contributed by atoms with Gasteiger partial charge in [-0.05, 0) is 54.0 Å². The second-order valence-corrected chi connectivity index (χ2v) is 9.55. The van der Waals surface area contributed by atoms with Gasteiger partial charge in [-0.25, -0.2) is 0 Å². The van der Waals surface area contributed by atoms with E-state index in [1.807, 2.05) is 0 Å². The van der Waals surface area contributed by atoms with Gasteiger partial charge in [-0.15, -0.1) is 0 Å². The highest BCUT2D eigenvalue weighted by Crippen LogP contribution is 2.27. The molecular weight excluding hydrogens is 410 g/mol. The summed E-state index contributed by atoms with van der Waals surface area (Å²) >= 11 is 0. The van der Waals surface area contributed by atoms with E-state index in [-0.39, 0.29) is 19.1 Å². The summed E-state index contributed by atoms with van der Waals surface area (Å²) in [6.07, 6.45) is 13.4. The van der Waals surface area contributed by atoms with Gasteiger partial charge in [0.1, 0.15) is 0 Å². The van der Waals surface area contributed by atoms with Crippen LogP contribution in [-0.4, -0.2) is 34.9 Å². The van der Waals surface area contributed by atoms with E-state index in [1.165, 1.54) is 60.4 Å². The summed E-state index contributed by atoms with van der Waals surface area (Å²) in [4.78, 5) is 12.4. The molecule has 0 bridgehead atoms. The fourth-order valence-electron chi connectivity index (χ4n) is 4.57. The highest BCUT2D eigenvalue weighted by molar-refractivity contribution is 5.88. The van der Waals surface area contributed by atoms with E-state index in [0.717, 1.165) is 25.7 Å². The van der Waals surface area contributed by atoms with E-state index < -0.39 is 5.54 Å². The number of carbonyl (C=O) groups is 1. The molecule has 0 atom stereocenters. The van der Waals surface area contributed by atoms with Crippen molar-refractivity contribution in [1.29, 1.82) is 0 Å². The number of rotatable bonds is 17. The smallest absolute Gasteiger partial charge is 0.220 e. The number of unbranched alkanes of at least 4 members (excludes halogenated alkanes) is 7. The molecule has 184 valence electrons. The van der Waals surface area contributed by atoms with E-state index in [2.05, 4.69) is 55.6 Å². The molecule has 1 amide bonds. The molecule has 0 radical (unpaired) electrons. The Labute approximate surface area is 200 Å². The molecule has 4 nitrogen and oxygen atoms in total. The fraction of sp³-hybridized carbons (Fsp3) is 0.621. The minimum atomic E-state index is -0.985. The lowest BCUT2D eigenvalue weighted by Gasteiger charge is -2.31. The van der Waals surface area contributed by atoms with Crippen LogP contribution >= 0.6 is 0 Å². The van der Waals surface area contributed by atoms with Gasteiger partial charge in [0.25, 0.3) is 0 Å². The third-order valence-electron chi connectivity index (χ3n) is 6.79. The molecule has 0 aromatic heterocycles. The van der Waals surface area contributed by atoms with Gasteiger partial charge in [0.05, 0.1) is 18.8 Å². The Bertz CT molecular complexity index is 829. The van der Waals surface area contributed by atoms with Crippen LogP contribution in [0, 0.1) is 0 Å². The predicted molar refractivity (Wildman–Crippen MR) is 139 cm³/mol. The Morgan fingerprint density at radius 1 is 0.758 bits per heavy atom. The SMILES string of the molecule is CCCCCCCCc1ccc(CCC(CO)(CO)NC(=O)CCCCC)c2ccccc12. The predicted octanol–water partition coefficient (Wildman–Crippen LogP) is 6.10. The highest BCUT2D eigenvalue weighted by atomic mass is 16.3. The van der Waals surface area contributed by atoms with Gasteiger partial charge in [-0.3, -0.25) is 4.79 Å². The molecule has 3 N–H and O–H groups in total. The van der Waals surface area contributed by atoms with Gasteiger partial charge >= 0.3 is 0 Å². The number of benzene rings is 2. The van der Waals surface area contributed by atoms with Crippen molar-refractivity contribution in [1.82, 2.24) is 5.32 Å². The first-order chi connectivity index (χ1) is 16.1. The van der Waals surface area contributed by atoms with Crippen molar-refractivity contribution >= 4 is 16.7 Å². The van der Waals surface area contributed by atoms with Crippen LogP contribution in [0.2, 0.25) is 0 Å². The van der Waals surface area contributed by atoms with Crippen molar-refractivity contribution in [2.75, 3.05) is 13.2 Å². The van der Waals surface area contributed by atoms with E-state index in [0.29, 0.717) is 19.3 Å². The summed E-state index contributed by atoms with van der Waals surface area (Å²) in [5.41, 5.74) is 1.61. The Balaban J connectivity index is 2.05. The van der Waals surface area contributed by atoms with E-state index >= 15 is 0 Å². The zero-order chi connectivity index (χ0) is 23.9. The topological polar surface area (TPSA) is 69.6 Å². The maximum atomic E-state index is 12.4. The molecule has 0 aliphatic rings. The van der Waals surface area contributed by atoms with Gasteiger partial charge in [-0.1, -0.05) is 95.2 Å². The number of amides is 1. The molecule has 0 spiro atoms. The first-order valence-electron chi connectivity index (χ1n) is 13.1. The van der Waals surface area contributed by atoms with E-state index in [1.54, 1.807) is 0 Å². The summed E-state index contributed by atoms with van der Waals surface area (Å²) in [5, 5.41) is 25.5. The van der Waals surface area contributed by atoms with Crippen LogP contribution < -0.4 is 5.32 Å².